The fourth-order valence-corrected chi connectivity index (χ4v) is 9.09. The van der Waals surface area contributed by atoms with Crippen LogP contribution < -0.4 is 5.32 Å². The van der Waals surface area contributed by atoms with Crippen molar-refractivity contribution in [3.05, 3.63) is 0 Å². The standard InChI is InChI=1S/C27H45NO6/c1-15(4-7-23(32)28-11-9-24(33)34)18-5-6-19-25-20(14-22(31)27(18,19)3)26(2)10-8-17(29)12-16(26)13-21(25)30/h15-22,25,29-31H,4-14H2,1-3H3,(H,28,32)(H,33,34). The molecule has 0 heterocycles. The monoisotopic (exact) mass is 479 g/mol. The van der Waals surface area contributed by atoms with Gasteiger partial charge in [0.2, 0.25) is 5.91 Å². The van der Waals surface area contributed by atoms with Gasteiger partial charge < -0.3 is 25.7 Å². The number of carbonyl (C=O) groups excluding carboxylic acids is 1. The highest BCUT2D eigenvalue weighted by atomic mass is 16.4. The smallest absolute Gasteiger partial charge is 0.305 e. The van der Waals surface area contributed by atoms with Gasteiger partial charge in [0.05, 0.1) is 24.7 Å². The minimum atomic E-state index is -0.919. The average Bonchev–Trinajstić information content (AvgIpc) is 3.12. The van der Waals surface area contributed by atoms with Crippen LogP contribution in [0.5, 0.6) is 0 Å². The summed E-state index contributed by atoms with van der Waals surface area (Å²) in [6.45, 7) is 6.91. The van der Waals surface area contributed by atoms with Crippen LogP contribution in [0, 0.1) is 46.3 Å². The second kappa shape index (κ2) is 9.70. The van der Waals surface area contributed by atoms with E-state index in [4.69, 9.17) is 5.11 Å². The van der Waals surface area contributed by atoms with Crippen molar-refractivity contribution in [2.75, 3.05) is 6.54 Å². The zero-order chi connectivity index (χ0) is 24.8. The lowest BCUT2D eigenvalue weighted by atomic mass is 9.43. The third kappa shape index (κ3) is 4.41. The molecule has 0 aromatic rings. The Labute approximate surface area is 203 Å². The average molecular weight is 480 g/mol. The normalized spacial score (nSPS) is 46.6. The molecule has 4 aliphatic carbocycles. The van der Waals surface area contributed by atoms with E-state index in [0.29, 0.717) is 24.7 Å². The summed E-state index contributed by atoms with van der Waals surface area (Å²) in [6.07, 6.45) is 6.00. The molecule has 0 radical (unpaired) electrons. The van der Waals surface area contributed by atoms with Gasteiger partial charge in [-0.3, -0.25) is 9.59 Å². The van der Waals surface area contributed by atoms with Crippen LogP contribution in [0.25, 0.3) is 0 Å². The van der Waals surface area contributed by atoms with Gasteiger partial charge in [0.15, 0.2) is 0 Å². The molecule has 0 aromatic heterocycles. The molecular weight excluding hydrogens is 434 g/mol. The van der Waals surface area contributed by atoms with Crippen molar-refractivity contribution in [2.24, 2.45) is 46.3 Å². The van der Waals surface area contributed by atoms with Crippen LogP contribution in [0.4, 0.5) is 0 Å². The molecule has 11 unspecified atom stereocenters. The first kappa shape index (κ1) is 25.9. The third-order valence-electron chi connectivity index (χ3n) is 11.0. The summed E-state index contributed by atoms with van der Waals surface area (Å²) in [5.41, 5.74) is -0.193. The molecule has 0 aromatic carbocycles. The molecule has 194 valence electrons. The van der Waals surface area contributed by atoms with Crippen LogP contribution in [0.2, 0.25) is 0 Å². The van der Waals surface area contributed by atoms with E-state index in [1.54, 1.807) is 0 Å². The predicted molar refractivity (Wildman–Crippen MR) is 128 cm³/mol. The largest absolute Gasteiger partial charge is 0.481 e. The second-order valence-corrected chi connectivity index (χ2v) is 12.5. The molecular formula is C27H45NO6. The molecule has 11 atom stereocenters. The third-order valence-corrected chi connectivity index (χ3v) is 11.0. The highest BCUT2D eigenvalue weighted by Crippen LogP contribution is 2.68. The Balaban J connectivity index is 1.45. The number of nitrogens with one attached hydrogen (secondary N) is 1. The van der Waals surface area contributed by atoms with Gasteiger partial charge in [-0.15, -0.1) is 0 Å². The lowest BCUT2D eigenvalue weighted by Crippen LogP contribution is -2.62. The summed E-state index contributed by atoms with van der Waals surface area (Å²) in [4.78, 5) is 22.8. The zero-order valence-electron chi connectivity index (χ0n) is 21.1. The number of fused-ring (bicyclic) bond motifs is 5. The molecule has 34 heavy (non-hydrogen) atoms. The number of carboxylic acids is 1. The van der Waals surface area contributed by atoms with Crippen molar-refractivity contribution in [3.63, 3.8) is 0 Å². The Kier molecular flexibility index (Phi) is 7.39. The summed E-state index contributed by atoms with van der Waals surface area (Å²) in [5, 5.41) is 44.7. The first-order valence-electron chi connectivity index (χ1n) is 13.5. The Morgan fingerprint density at radius 1 is 1.00 bits per heavy atom. The number of aliphatic carboxylic acids is 1. The van der Waals surface area contributed by atoms with Crippen molar-refractivity contribution >= 4 is 11.9 Å². The van der Waals surface area contributed by atoms with Gasteiger partial charge in [0.25, 0.3) is 0 Å². The molecule has 0 aliphatic heterocycles. The molecule has 5 N–H and O–H groups in total. The van der Waals surface area contributed by atoms with Gasteiger partial charge in [-0.2, -0.15) is 0 Å². The summed E-state index contributed by atoms with van der Waals surface area (Å²) in [7, 11) is 0. The van der Waals surface area contributed by atoms with Gasteiger partial charge in [0, 0.05) is 13.0 Å². The fourth-order valence-electron chi connectivity index (χ4n) is 9.09. The number of hydrogen-bond acceptors (Lipinski definition) is 5. The molecule has 4 rings (SSSR count). The number of rotatable bonds is 7. The van der Waals surface area contributed by atoms with E-state index < -0.39 is 12.1 Å². The maximum absolute atomic E-state index is 12.2. The lowest BCUT2D eigenvalue weighted by molar-refractivity contribution is -0.207. The van der Waals surface area contributed by atoms with Gasteiger partial charge >= 0.3 is 5.97 Å². The van der Waals surface area contributed by atoms with Crippen LogP contribution in [-0.2, 0) is 9.59 Å². The summed E-state index contributed by atoms with van der Waals surface area (Å²) in [6, 6.07) is 0. The number of carboxylic acid groups (broad SMARTS) is 1. The SMILES string of the molecule is CC(CCC(=O)NCCC(=O)O)C1CCC2C3C(O)CC4CC(O)CCC4(C)C3CC(O)C12C. The molecule has 4 aliphatic rings. The van der Waals surface area contributed by atoms with Crippen LogP contribution in [0.3, 0.4) is 0 Å². The molecule has 4 saturated carbocycles. The van der Waals surface area contributed by atoms with Crippen LogP contribution >= 0.6 is 0 Å². The first-order valence-corrected chi connectivity index (χ1v) is 13.5. The highest BCUT2D eigenvalue weighted by Gasteiger charge is 2.65. The van der Waals surface area contributed by atoms with E-state index in [-0.39, 0.29) is 65.6 Å². The lowest BCUT2D eigenvalue weighted by Gasteiger charge is -2.63. The first-order chi connectivity index (χ1) is 16.0. The minimum absolute atomic E-state index is 0.0700. The zero-order valence-corrected chi connectivity index (χ0v) is 21.1. The van der Waals surface area contributed by atoms with E-state index >= 15 is 0 Å². The summed E-state index contributed by atoms with van der Waals surface area (Å²) >= 11 is 0. The second-order valence-electron chi connectivity index (χ2n) is 12.5. The number of aliphatic hydroxyl groups excluding tert-OH is 3. The maximum atomic E-state index is 12.2. The van der Waals surface area contributed by atoms with Gasteiger partial charge in [-0.05, 0) is 97.7 Å². The molecule has 4 fully saturated rings. The predicted octanol–water partition coefficient (Wildman–Crippen LogP) is 2.96. The number of carbonyl (C=O) groups is 2. The molecule has 7 heteroatoms. The van der Waals surface area contributed by atoms with Crippen molar-refractivity contribution in [3.8, 4) is 0 Å². The van der Waals surface area contributed by atoms with Gasteiger partial charge in [-0.25, -0.2) is 0 Å². The molecule has 0 saturated heterocycles. The van der Waals surface area contributed by atoms with E-state index in [1.807, 2.05) is 0 Å². The summed E-state index contributed by atoms with van der Waals surface area (Å²) in [5.74, 6) is 0.609. The van der Waals surface area contributed by atoms with E-state index in [9.17, 15) is 24.9 Å². The van der Waals surface area contributed by atoms with Crippen molar-refractivity contribution in [2.45, 2.75) is 103 Å². The molecule has 0 bridgehead atoms. The summed E-state index contributed by atoms with van der Waals surface area (Å²) < 4.78 is 0. The Hall–Kier alpha value is -1.18. The molecule has 7 nitrogen and oxygen atoms in total. The topological polar surface area (TPSA) is 127 Å². The van der Waals surface area contributed by atoms with Crippen LogP contribution in [-0.4, -0.2) is 57.2 Å². The Bertz CT molecular complexity index is 774. The van der Waals surface area contributed by atoms with Crippen molar-refractivity contribution in [1.82, 2.24) is 5.32 Å². The Morgan fingerprint density at radius 2 is 1.74 bits per heavy atom. The van der Waals surface area contributed by atoms with Crippen LogP contribution in [0.1, 0.15) is 85.0 Å². The quantitative estimate of drug-likeness (QED) is 0.382. The number of amides is 1. The van der Waals surface area contributed by atoms with Gasteiger partial charge in [0.1, 0.15) is 0 Å². The number of hydrogen-bond donors (Lipinski definition) is 5. The fraction of sp³-hybridized carbons (Fsp3) is 0.926. The molecule has 0 spiro atoms. The van der Waals surface area contributed by atoms with Crippen molar-refractivity contribution < 1.29 is 30.0 Å². The highest BCUT2D eigenvalue weighted by molar-refractivity contribution is 5.76. The number of aliphatic hydroxyl groups is 3. The van der Waals surface area contributed by atoms with Crippen molar-refractivity contribution in [1.29, 1.82) is 0 Å². The van der Waals surface area contributed by atoms with Gasteiger partial charge in [-0.1, -0.05) is 20.8 Å². The minimum Gasteiger partial charge on any atom is -0.481 e. The van der Waals surface area contributed by atoms with Crippen LogP contribution in [0.15, 0.2) is 0 Å². The maximum Gasteiger partial charge on any atom is 0.305 e. The van der Waals surface area contributed by atoms with E-state index in [2.05, 4.69) is 26.1 Å². The van der Waals surface area contributed by atoms with E-state index in [0.717, 1.165) is 44.9 Å². The Morgan fingerprint density at radius 3 is 2.44 bits per heavy atom. The van der Waals surface area contributed by atoms with E-state index in [1.165, 1.54) is 0 Å². The molecule has 1 amide bonds.